The zero-order valence-electron chi connectivity index (χ0n) is 11.2. The predicted molar refractivity (Wildman–Crippen MR) is 70.7 cm³/mol. The second-order valence-electron chi connectivity index (χ2n) is 4.96. The molecule has 0 saturated carbocycles. The highest BCUT2D eigenvalue weighted by Gasteiger charge is 2.42. The quantitative estimate of drug-likeness (QED) is 0.906. The molecule has 1 amide bonds. The van der Waals surface area contributed by atoms with E-state index in [-0.39, 0.29) is 18.9 Å². The first-order chi connectivity index (χ1) is 9.41. The summed E-state index contributed by atoms with van der Waals surface area (Å²) in [6.45, 7) is 0.148. The number of alkyl halides is 3. The zero-order chi connectivity index (χ0) is 14.8. The summed E-state index contributed by atoms with van der Waals surface area (Å²) >= 11 is 0. The molecule has 1 aromatic carbocycles. The van der Waals surface area contributed by atoms with Gasteiger partial charge in [0.1, 0.15) is 0 Å². The van der Waals surface area contributed by atoms with Crippen LogP contribution < -0.4 is 5.32 Å². The van der Waals surface area contributed by atoms with Gasteiger partial charge in [-0.15, -0.1) is 0 Å². The molecule has 3 nitrogen and oxygen atoms in total. The number of piperidine rings is 1. The van der Waals surface area contributed by atoms with Crippen molar-refractivity contribution in [3.63, 3.8) is 0 Å². The smallest absolute Gasteiger partial charge is 0.388 e. The van der Waals surface area contributed by atoms with Crippen LogP contribution >= 0.6 is 0 Å². The van der Waals surface area contributed by atoms with Crippen LogP contribution in [0, 0.1) is 5.92 Å². The fraction of sp³-hybridized carbons (Fsp3) is 0.500. The van der Waals surface area contributed by atoms with E-state index in [0.29, 0.717) is 18.5 Å². The molecule has 1 N–H and O–H groups in total. The van der Waals surface area contributed by atoms with Gasteiger partial charge in [0, 0.05) is 31.4 Å². The Labute approximate surface area is 115 Å². The molecule has 1 saturated heterocycles. The van der Waals surface area contributed by atoms with E-state index in [2.05, 4.69) is 5.32 Å². The van der Waals surface area contributed by atoms with Crippen molar-refractivity contribution >= 4 is 11.6 Å². The number of carbonyl (C=O) groups is 1. The van der Waals surface area contributed by atoms with Crippen molar-refractivity contribution in [2.75, 3.05) is 25.5 Å². The minimum Gasteiger partial charge on any atom is -0.388 e. The Kier molecular flexibility index (Phi) is 4.20. The molecule has 1 aromatic rings. The van der Waals surface area contributed by atoms with Gasteiger partial charge in [0.05, 0.1) is 5.92 Å². The monoisotopic (exact) mass is 286 g/mol. The van der Waals surface area contributed by atoms with Crippen molar-refractivity contribution in [2.24, 2.45) is 5.92 Å². The molecule has 0 spiro atoms. The SMILES string of the molecule is CNc1ccc(C(=O)N2CCCC(C(F)(F)F)C2)cc1. The Morgan fingerprint density at radius 2 is 1.95 bits per heavy atom. The van der Waals surface area contributed by atoms with E-state index in [1.165, 1.54) is 4.90 Å². The largest absolute Gasteiger partial charge is 0.393 e. The van der Waals surface area contributed by atoms with Crippen molar-refractivity contribution in [1.29, 1.82) is 0 Å². The van der Waals surface area contributed by atoms with Crippen LogP contribution in [-0.2, 0) is 0 Å². The topological polar surface area (TPSA) is 32.3 Å². The van der Waals surface area contributed by atoms with Gasteiger partial charge < -0.3 is 10.2 Å². The molecule has 1 atom stereocenters. The maximum Gasteiger partial charge on any atom is 0.393 e. The van der Waals surface area contributed by atoms with Crippen LogP contribution in [0.2, 0.25) is 0 Å². The molecule has 1 aliphatic rings. The Morgan fingerprint density at radius 3 is 2.50 bits per heavy atom. The van der Waals surface area contributed by atoms with Crippen LogP contribution in [0.1, 0.15) is 23.2 Å². The second kappa shape index (κ2) is 5.73. The summed E-state index contributed by atoms with van der Waals surface area (Å²) in [5.41, 5.74) is 1.28. The molecule has 2 rings (SSSR count). The van der Waals surface area contributed by atoms with Gasteiger partial charge in [-0.2, -0.15) is 13.2 Å². The fourth-order valence-corrected chi connectivity index (χ4v) is 2.39. The molecule has 1 aliphatic heterocycles. The van der Waals surface area contributed by atoms with Gasteiger partial charge >= 0.3 is 6.18 Å². The van der Waals surface area contributed by atoms with Gasteiger partial charge in [-0.1, -0.05) is 0 Å². The molecule has 0 aliphatic carbocycles. The van der Waals surface area contributed by atoms with Crippen molar-refractivity contribution in [1.82, 2.24) is 4.90 Å². The highest BCUT2D eigenvalue weighted by Crippen LogP contribution is 2.33. The summed E-state index contributed by atoms with van der Waals surface area (Å²) in [7, 11) is 1.76. The van der Waals surface area contributed by atoms with Crippen LogP contribution in [0.3, 0.4) is 0 Å². The molecule has 1 unspecified atom stereocenters. The van der Waals surface area contributed by atoms with Crippen molar-refractivity contribution < 1.29 is 18.0 Å². The number of nitrogens with zero attached hydrogens (tertiary/aromatic N) is 1. The molecule has 110 valence electrons. The normalized spacial score (nSPS) is 19.8. The van der Waals surface area contributed by atoms with E-state index in [4.69, 9.17) is 0 Å². The van der Waals surface area contributed by atoms with Gasteiger partial charge in [-0.25, -0.2) is 0 Å². The van der Waals surface area contributed by atoms with Crippen molar-refractivity contribution in [3.8, 4) is 0 Å². The third-order valence-corrected chi connectivity index (χ3v) is 3.59. The molecule has 0 bridgehead atoms. The molecule has 1 fully saturated rings. The molecular weight excluding hydrogens is 269 g/mol. The summed E-state index contributed by atoms with van der Waals surface area (Å²) in [4.78, 5) is 13.5. The number of hydrogen-bond acceptors (Lipinski definition) is 2. The fourth-order valence-electron chi connectivity index (χ4n) is 2.39. The highest BCUT2D eigenvalue weighted by molar-refractivity contribution is 5.94. The molecule has 6 heteroatoms. The number of halogens is 3. The van der Waals surface area contributed by atoms with Crippen LogP contribution in [0.25, 0.3) is 0 Å². The summed E-state index contributed by atoms with van der Waals surface area (Å²) < 4.78 is 38.2. The lowest BCUT2D eigenvalue weighted by molar-refractivity contribution is -0.184. The molecule has 0 radical (unpaired) electrons. The lowest BCUT2D eigenvalue weighted by Gasteiger charge is -2.33. The number of anilines is 1. The second-order valence-corrected chi connectivity index (χ2v) is 4.96. The van der Waals surface area contributed by atoms with Gasteiger partial charge in [0.2, 0.25) is 0 Å². The molecule has 20 heavy (non-hydrogen) atoms. The van der Waals surface area contributed by atoms with E-state index in [0.717, 1.165) is 5.69 Å². The van der Waals surface area contributed by atoms with E-state index in [1.54, 1.807) is 31.3 Å². The maximum atomic E-state index is 12.7. The number of amides is 1. The van der Waals surface area contributed by atoms with Crippen molar-refractivity contribution in [3.05, 3.63) is 29.8 Å². The number of nitrogens with one attached hydrogen (secondary N) is 1. The van der Waals surface area contributed by atoms with Gasteiger partial charge in [-0.3, -0.25) is 4.79 Å². The van der Waals surface area contributed by atoms with E-state index in [1.807, 2.05) is 0 Å². The summed E-state index contributed by atoms with van der Waals surface area (Å²) in [6.07, 6.45) is -3.73. The van der Waals surface area contributed by atoms with Crippen LogP contribution in [0.4, 0.5) is 18.9 Å². The number of carbonyl (C=O) groups excluding carboxylic acids is 1. The molecule has 1 heterocycles. The average Bonchev–Trinajstić information content (AvgIpc) is 2.46. The van der Waals surface area contributed by atoms with E-state index in [9.17, 15) is 18.0 Å². The Bertz CT molecular complexity index is 470. The third-order valence-electron chi connectivity index (χ3n) is 3.59. The van der Waals surface area contributed by atoms with Gasteiger partial charge in [-0.05, 0) is 37.1 Å². The van der Waals surface area contributed by atoms with Crippen LogP contribution in [-0.4, -0.2) is 37.1 Å². The number of benzene rings is 1. The zero-order valence-corrected chi connectivity index (χ0v) is 11.2. The minimum atomic E-state index is -4.23. The lowest BCUT2D eigenvalue weighted by atomic mass is 9.97. The first-order valence-electron chi connectivity index (χ1n) is 6.55. The summed E-state index contributed by atoms with van der Waals surface area (Å²) in [6, 6.07) is 6.73. The maximum absolute atomic E-state index is 12.7. The van der Waals surface area contributed by atoms with E-state index >= 15 is 0 Å². The Hall–Kier alpha value is -1.72. The van der Waals surface area contributed by atoms with Crippen LogP contribution in [0.15, 0.2) is 24.3 Å². The van der Waals surface area contributed by atoms with Gasteiger partial charge in [0.25, 0.3) is 5.91 Å². The number of likely N-dealkylation sites (tertiary alicyclic amines) is 1. The lowest BCUT2D eigenvalue weighted by Crippen LogP contribution is -2.44. The average molecular weight is 286 g/mol. The Balaban J connectivity index is 2.08. The number of rotatable bonds is 2. The summed E-state index contributed by atoms with van der Waals surface area (Å²) in [5.74, 6) is -1.74. The Morgan fingerprint density at radius 1 is 1.30 bits per heavy atom. The minimum absolute atomic E-state index is 0.103. The predicted octanol–water partition coefficient (Wildman–Crippen LogP) is 3.14. The first kappa shape index (κ1) is 14.7. The number of hydrogen-bond donors (Lipinski definition) is 1. The molecule has 0 aromatic heterocycles. The first-order valence-corrected chi connectivity index (χ1v) is 6.55. The van der Waals surface area contributed by atoms with Gasteiger partial charge in [0.15, 0.2) is 0 Å². The molecular formula is C14H17F3N2O. The summed E-state index contributed by atoms with van der Waals surface area (Å²) in [5, 5.41) is 2.93. The highest BCUT2D eigenvalue weighted by atomic mass is 19.4. The standard InChI is InChI=1S/C14H17F3N2O/c1-18-12-6-4-10(5-7-12)13(20)19-8-2-3-11(9-19)14(15,16)17/h4-7,11,18H,2-3,8-9H2,1H3. The van der Waals surface area contributed by atoms with E-state index < -0.39 is 12.1 Å². The van der Waals surface area contributed by atoms with Crippen molar-refractivity contribution in [2.45, 2.75) is 19.0 Å². The third kappa shape index (κ3) is 3.23. The van der Waals surface area contributed by atoms with Crippen LogP contribution in [0.5, 0.6) is 0 Å².